The number of anilines is 1. The molecule has 0 aliphatic heterocycles. The van der Waals surface area contributed by atoms with E-state index in [4.69, 9.17) is 9.47 Å². The standard InChI is InChI=1S/C18H19N5O3/c1-12(23-21-17(20-22-23)13-7-5-4-6-8-13)18(24)19-15-10-9-14(25-2)11-16(15)26-3/h4-12H,1-3H3,(H,19,24). The first-order valence-corrected chi connectivity index (χ1v) is 8.00. The zero-order chi connectivity index (χ0) is 18.5. The topological polar surface area (TPSA) is 91.2 Å². The third-order valence-corrected chi connectivity index (χ3v) is 3.85. The second-order valence-corrected chi connectivity index (χ2v) is 5.53. The lowest BCUT2D eigenvalue weighted by Gasteiger charge is -2.14. The van der Waals surface area contributed by atoms with Crippen molar-refractivity contribution in [3.63, 3.8) is 0 Å². The molecule has 1 unspecified atom stereocenters. The Balaban J connectivity index is 1.75. The minimum absolute atomic E-state index is 0.287. The average molecular weight is 353 g/mol. The van der Waals surface area contributed by atoms with E-state index in [2.05, 4.69) is 20.7 Å². The first-order valence-electron chi connectivity index (χ1n) is 8.00. The van der Waals surface area contributed by atoms with E-state index in [0.29, 0.717) is 23.0 Å². The zero-order valence-electron chi connectivity index (χ0n) is 14.7. The molecule has 2 aromatic carbocycles. The molecule has 0 saturated heterocycles. The number of methoxy groups -OCH3 is 2. The summed E-state index contributed by atoms with van der Waals surface area (Å²) in [5.74, 6) is 1.32. The van der Waals surface area contributed by atoms with Gasteiger partial charge in [-0.3, -0.25) is 4.79 Å². The molecule has 0 saturated carbocycles. The fourth-order valence-corrected chi connectivity index (χ4v) is 2.34. The number of aromatic nitrogens is 4. The Labute approximate surface area is 150 Å². The third-order valence-electron chi connectivity index (χ3n) is 3.85. The molecule has 134 valence electrons. The van der Waals surface area contributed by atoms with Crippen LogP contribution in [0, 0.1) is 0 Å². The lowest BCUT2D eigenvalue weighted by atomic mass is 10.2. The van der Waals surface area contributed by atoms with Crippen LogP contribution < -0.4 is 14.8 Å². The molecule has 8 heteroatoms. The Morgan fingerprint density at radius 3 is 2.58 bits per heavy atom. The summed E-state index contributed by atoms with van der Waals surface area (Å²) in [5, 5.41) is 15.1. The number of tetrazole rings is 1. The van der Waals surface area contributed by atoms with Crippen LogP contribution in [0.3, 0.4) is 0 Å². The molecular weight excluding hydrogens is 334 g/mol. The summed E-state index contributed by atoms with van der Waals surface area (Å²) in [4.78, 5) is 13.8. The van der Waals surface area contributed by atoms with Crippen LogP contribution in [-0.4, -0.2) is 40.3 Å². The van der Waals surface area contributed by atoms with Gasteiger partial charge in [0.15, 0.2) is 0 Å². The number of hydrogen-bond acceptors (Lipinski definition) is 6. The highest BCUT2D eigenvalue weighted by Gasteiger charge is 2.20. The summed E-state index contributed by atoms with van der Waals surface area (Å²) in [6, 6.07) is 14.0. The Morgan fingerprint density at radius 1 is 1.12 bits per heavy atom. The van der Waals surface area contributed by atoms with E-state index >= 15 is 0 Å². The second-order valence-electron chi connectivity index (χ2n) is 5.53. The van der Waals surface area contributed by atoms with Gasteiger partial charge in [-0.2, -0.15) is 4.80 Å². The maximum Gasteiger partial charge on any atom is 0.250 e. The number of rotatable bonds is 6. The summed E-state index contributed by atoms with van der Waals surface area (Å²) in [7, 11) is 3.09. The van der Waals surface area contributed by atoms with E-state index in [0.717, 1.165) is 5.56 Å². The molecule has 1 aromatic heterocycles. The van der Waals surface area contributed by atoms with E-state index in [-0.39, 0.29) is 5.91 Å². The first kappa shape index (κ1) is 17.4. The molecule has 3 rings (SSSR count). The number of nitrogens with one attached hydrogen (secondary N) is 1. The van der Waals surface area contributed by atoms with E-state index in [1.165, 1.54) is 11.9 Å². The van der Waals surface area contributed by atoms with Crippen molar-refractivity contribution in [1.29, 1.82) is 0 Å². The smallest absolute Gasteiger partial charge is 0.250 e. The zero-order valence-corrected chi connectivity index (χ0v) is 14.7. The summed E-state index contributed by atoms with van der Waals surface area (Å²) in [6.07, 6.45) is 0. The van der Waals surface area contributed by atoms with E-state index in [1.807, 2.05) is 30.3 Å². The fourth-order valence-electron chi connectivity index (χ4n) is 2.34. The number of benzene rings is 2. The van der Waals surface area contributed by atoms with Crippen LogP contribution in [0.1, 0.15) is 13.0 Å². The average Bonchev–Trinajstić information content (AvgIpc) is 3.18. The van der Waals surface area contributed by atoms with Gasteiger partial charge < -0.3 is 14.8 Å². The molecule has 0 bridgehead atoms. The van der Waals surface area contributed by atoms with Gasteiger partial charge in [0.1, 0.15) is 17.5 Å². The predicted octanol–water partition coefficient (Wildman–Crippen LogP) is 2.56. The molecule has 1 amide bonds. The SMILES string of the molecule is COc1ccc(NC(=O)C(C)n2nnc(-c3ccccc3)n2)c(OC)c1. The van der Waals surface area contributed by atoms with Crippen molar-refractivity contribution < 1.29 is 14.3 Å². The van der Waals surface area contributed by atoms with Gasteiger partial charge in [-0.25, -0.2) is 0 Å². The summed E-state index contributed by atoms with van der Waals surface area (Å²) in [5.41, 5.74) is 1.37. The van der Waals surface area contributed by atoms with Crippen LogP contribution in [0.2, 0.25) is 0 Å². The van der Waals surface area contributed by atoms with Crippen molar-refractivity contribution in [1.82, 2.24) is 20.2 Å². The molecule has 0 aliphatic carbocycles. The molecule has 0 aliphatic rings. The molecule has 0 fully saturated rings. The number of ether oxygens (including phenoxy) is 2. The highest BCUT2D eigenvalue weighted by Crippen LogP contribution is 2.29. The van der Waals surface area contributed by atoms with Gasteiger partial charge >= 0.3 is 0 Å². The summed E-state index contributed by atoms with van der Waals surface area (Å²) >= 11 is 0. The van der Waals surface area contributed by atoms with Crippen LogP contribution in [0.15, 0.2) is 48.5 Å². The monoisotopic (exact) mass is 353 g/mol. The largest absolute Gasteiger partial charge is 0.497 e. The molecule has 1 N–H and O–H groups in total. The molecular formula is C18H19N5O3. The number of nitrogens with zero attached hydrogens (tertiary/aromatic N) is 4. The highest BCUT2D eigenvalue weighted by molar-refractivity contribution is 5.94. The minimum atomic E-state index is -0.647. The van der Waals surface area contributed by atoms with Crippen LogP contribution in [0.25, 0.3) is 11.4 Å². The number of carbonyl (C=O) groups is 1. The lowest BCUT2D eigenvalue weighted by Crippen LogP contribution is -2.25. The molecule has 0 radical (unpaired) electrons. The minimum Gasteiger partial charge on any atom is -0.497 e. The summed E-state index contributed by atoms with van der Waals surface area (Å²) in [6.45, 7) is 1.70. The first-order chi connectivity index (χ1) is 12.6. The van der Waals surface area contributed by atoms with Gasteiger partial charge in [-0.15, -0.1) is 10.2 Å². The van der Waals surface area contributed by atoms with Gasteiger partial charge in [0.2, 0.25) is 5.82 Å². The predicted molar refractivity (Wildman–Crippen MR) is 96.1 cm³/mol. The van der Waals surface area contributed by atoms with Gasteiger partial charge in [-0.1, -0.05) is 30.3 Å². The normalized spacial score (nSPS) is 11.7. The van der Waals surface area contributed by atoms with E-state index < -0.39 is 6.04 Å². The van der Waals surface area contributed by atoms with Crippen LogP contribution in [-0.2, 0) is 4.79 Å². The molecule has 1 atom stereocenters. The number of hydrogen-bond donors (Lipinski definition) is 1. The molecule has 8 nitrogen and oxygen atoms in total. The quantitative estimate of drug-likeness (QED) is 0.732. The van der Waals surface area contributed by atoms with Crippen LogP contribution >= 0.6 is 0 Å². The number of amides is 1. The van der Waals surface area contributed by atoms with Crippen molar-refractivity contribution in [2.45, 2.75) is 13.0 Å². The van der Waals surface area contributed by atoms with Crippen molar-refractivity contribution in [3.05, 3.63) is 48.5 Å². The van der Waals surface area contributed by atoms with Crippen LogP contribution in [0.5, 0.6) is 11.5 Å². The maximum absolute atomic E-state index is 12.6. The van der Waals surface area contributed by atoms with Crippen molar-refractivity contribution in [2.75, 3.05) is 19.5 Å². The van der Waals surface area contributed by atoms with Crippen molar-refractivity contribution in [3.8, 4) is 22.9 Å². The third kappa shape index (κ3) is 3.64. The Bertz CT molecular complexity index is 895. The second kappa shape index (κ2) is 7.64. The Morgan fingerprint density at radius 2 is 1.88 bits per heavy atom. The van der Waals surface area contributed by atoms with Gasteiger partial charge in [0.25, 0.3) is 5.91 Å². The molecule has 3 aromatic rings. The molecule has 1 heterocycles. The van der Waals surface area contributed by atoms with Crippen molar-refractivity contribution in [2.24, 2.45) is 0 Å². The maximum atomic E-state index is 12.6. The van der Waals surface area contributed by atoms with E-state index in [9.17, 15) is 4.79 Å². The lowest BCUT2D eigenvalue weighted by molar-refractivity contribution is -0.119. The summed E-state index contributed by atoms with van der Waals surface area (Å²) < 4.78 is 10.4. The highest BCUT2D eigenvalue weighted by atomic mass is 16.5. The fraction of sp³-hybridized carbons (Fsp3) is 0.222. The van der Waals surface area contributed by atoms with E-state index in [1.54, 1.807) is 32.2 Å². The van der Waals surface area contributed by atoms with Gasteiger partial charge in [0.05, 0.1) is 19.9 Å². The van der Waals surface area contributed by atoms with Crippen molar-refractivity contribution >= 4 is 11.6 Å². The van der Waals surface area contributed by atoms with Gasteiger partial charge in [0, 0.05) is 11.6 Å². The number of carbonyl (C=O) groups excluding carboxylic acids is 1. The Hall–Kier alpha value is -3.42. The molecule has 26 heavy (non-hydrogen) atoms. The van der Waals surface area contributed by atoms with Gasteiger partial charge in [-0.05, 0) is 24.3 Å². The Kier molecular flexibility index (Phi) is 5.12. The van der Waals surface area contributed by atoms with Crippen LogP contribution in [0.4, 0.5) is 5.69 Å². The molecule has 0 spiro atoms.